The van der Waals surface area contributed by atoms with Gasteiger partial charge in [0, 0.05) is 48.3 Å². The number of piperazine rings is 1. The average Bonchev–Trinajstić information content (AvgIpc) is 3.40. The first-order valence-corrected chi connectivity index (χ1v) is 13.3. The second-order valence-corrected chi connectivity index (χ2v) is 10.8. The van der Waals surface area contributed by atoms with Crippen molar-refractivity contribution >= 4 is 16.6 Å². The molecule has 9 nitrogen and oxygen atoms in total. The number of ether oxygens (including phenoxy) is 1. The predicted molar refractivity (Wildman–Crippen MR) is 150 cm³/mol. The summed E-state index contributed by atoms with van der Waals surface area (Å²) < 4.78 is 7.22. The molecule has 200 valence electrons. The van der Waals surface area contributed by atoms with Gasteiger partial charge in [-0.25, -0.2) is 4.68 Å². The number of aryl methyl sites for hydroxylation is 2. The average molecular weight is 516 g/mol. The first-order valence-electron chi connectivity index (χ1n) is 13.3. The lowest BCUT2D eigenvalue weighted by Gasteiger charge is -2.40. The third kappa shape index (κ3) is 4.78. The Balaban J connectivity index is 1.56. The van der Waals surface area contributed by atoms with Gasteiger partial charge in [-0.2, -0.15) is 0 Å². The van der Waals surface area contributed by atoms with Crippen LogP contribution in [-0.4, -0.2) is 63.4 Å². The number of H-pyrrole nitrogens is 1. The molecule has 0 radical (unpaired) electrons. The lowest BCUT2D eigenvalue weighted by Crippen LogP contribution is -2.49. The van der Waals surface area contributed by atoms with E-state index in [2.05, 4.69) is 76.2 Å². The van der Waals surface area contributed by atoms with E-state index in [1.165, 1.54) is 0 Å². The van der Waals surface area contributed by atoms with Gasteiger partial charge in [0.05, 0.1) is 12.6 Å². The summed E-state index contributed by atoms with van der Waals surface area (Å²) in [6.07, 6.45) is 0.857. The van der Waals surface area contributed by atoms with Crippen molar-refractivity contribution in [2.45, 2.75) is 52.6 Å². The summed E-state index contributed by atoms with van der Waals surface area (Å²) in [7, 11) is 1.68. The maximum atomic E-state index is 13.6. The van der Waals surface area contributed by atoms with Gasteiger partial charge in [-0.3, -0.25) is 9.69 Å². The Kier molecular flexibility index (Phi) is 6.96. The number of hydrogen-bond donors (Lipinski definition) is 1. The number of nitrogens with one attached hydrogen (secondary N) is 1. The molecule has 38 heavy (non-hydrogen) atoms. The van der Waals surface area contributed by atoms with E-state index in [4.69, 9.17) is 4.74 Å². The van der Waals surface area contributed by atoms with E-state index in [9.17, 15) is 4.79 Å². The first-order chi connectivity index (χ1) is 18.2. The van der Waals surface area contributed by atoms with Crippen LogP contribution < -0.4 is 15.2 Å². The highest BCUT2D eigenvalue weighted by Gasteiger charge is 2.35. The first kappa shape index (κ1) is 25.9. The molecule has 1 N–H and O–H groups in total. The van der Waals surface area contributed by atoms with E-state index < -0.39 is 0 Å². The molecule has 0 spiro atoms. The second-order valence-electron chi connectivity index (χ2n) is 10.8. The van der Waals surface area contributed by atoms with Crippen molar-refractivity contribution in [3.8, 4) is 5.75 Å². The lowest BCUT2D eigenvalue weighted by atomic mass is 9.97. The molecule has 9 heteroatoms. The minimum Gasteiger partial charge on any atom is -0.497 e. The van der Waals surface area contributed by atoms with Gasteiger partial charge in [-0.05, 0) is 92.1 Å². The molecule has 0 aliphatic carbocycles. The monoisotopic (exact) mass is 515 g/mol. The number of methoxy groups -OCH3 is 1. The minimum absolute atomic E-state index is 0.103. The highest BCUT2D eigenvalue weighted by Crippen LogP contribution is 2.32. The second kappa shape index (κ2) is 10.2. The van der Waals surface area contributed by atoms with Crippen LogP contribution in [0.4, 0.5) is 5.69 Å². The molecule has 2 aromatic heterocycles. The number of pyridine rings is 1. The van der Waals surface area contributed by atoms with E-state index in [1.54, 1.807) is 7.11 Å². The maximum absolute atomic E-state index is 13.6. The summed E-state index contributed by atoms with van der Waals surface area (Å²) in [5, 5.41) is 14.0. The Labute approximate surface area is 223 Å². The number of nitrogens with zero attached hydrogens (tertiary/aromatic N) is 6. The number of fused-ring (bicyclic) bond motifs is 1. The van der Waals surface area contributed by atoms with Crippen LogP contribution in [0.1, 0.15) is 55.7 Å². The van der Waals surface area contributed by atoms with E-state index >= 15 is 0 Å². The van der Waals surface area contributed by atoms with Gasteiger partial charge in [0.25, 0.3) is 5.56 Å². The molecule has 0 saturated carbocycles. The quantitative estimate of drug-likeness (QED) is 0.394. The smallest absolute Gasteiger partial charge is 0.253 e. The third-order valence-corrected chi connectivity index (χ3v) is 7.93. The van der Waals surface area contributed by atoms with Crippen molar-refractivity contribution in [3.63, 3.8) is 0 Å². The van der Waals surface area contributed by atoms with E-state index in [0.29, 0.717) is 11.4 Å². The van der Waals surface area contributed by atoms with Gasteiger partial charge in [0.2, 0.25) is 0 Å². The normalized spacial score (nSPS) is 15.7. The Morgan fingerprint density at radius 3 is 2.42 bits per heavy atom. The topological polar surface area (TPSA) is 92.2 Å². The lowest BCUT2D eigenvalue weighted by molar-refractivity contribution is 0.186. The highest BCUT2D eigenvalue weighted by molar-refractivity contribution is 5.83. The van der Waals surface area contributed by atoms with Crippen molar-refractivity contribution < 1.29 is 4.74 Å². The zero-order valence-electron chi connectivity index (χ0n) is 23.2. The molecule has 0 bridgehead atoms. The maximum Gasteiger partial charge on any atom is 0.253 e. The number of aromatic nitrogens is 5. The summed E-state index contributed by atoms with van der Waals surface area (Å²) >= 11 is 0. The molecule has 1 saturated heterocycles. The fourth-order valence-electron chi connectivity index (χ4n) is 5.37. The molecule has 2 aromatic carbocycles. The number of tetrazole rings is 1. The fraction of sp³-hybridized carbons (Fsp3) is 0.448. The van der Waals surface area contributed by atoms with Crippen LogP contribution >= 0.6 is 0 Å². The van der Waals surface area contributed by atoms with Gasteiger partial charge in [0.1, 0.15) is 11.8 Å². The van der Waals surface area contributed by atoms with Gasteiger partial charge < -0.3 is 14.6 Å². The van der Waals surface area contributed by atoms with E-state index in [0.717, 1.165) is 66.1 Å². The van der Waals surface area contributed by atoms with Crippen molar-refractivity contribution in [1.82, 2.24) is 30.1 Å². The van der Waals surface area contributed by atoms with Gasteiger partial charge in [-0.1, -0.05) is 13.0 Å². The number of anilines is 1. The Hall–Kier alpha value is -3.72. The van der Waals surface area contributed by atoms with Crippen molar-refractivity contribution in [2.24, 2.45) is 0 Å². The summed E-state index contributed by atoms with van der Waals surface area (Å²) in [6, 6.07) is 14.0. The summed E-state index contributed by atoms with van der Waals surface area (Å²) in [4.78, 5) is 21.5. The van der Waals surface area contributed by atoms with Crippen molar-refractivity contribution in [3.05, 3.63) is 75.3 Å². The number of aromatic amines is 1. The molecule has 3 heterocycles. The van der Waals surface area contributed by atoms with Gasteiger partial charge >= 0.3 is 0 Å². The zero-order valence-corrected chi connectivity index (χ0v) is 23.2. The Morgan fingerprint density at radius 2 is 1.76 bits per heavy atom. The molecule has 1 aliphatic heterocycles. The summed E-state index contributed by atoms with van der Waals surface area (Å²) in [6.45, 7) is 13.7. The summed E-state index contributed by atoms with van der Waals surface area (Å²) in [5.41, 5.74) is 4.55. The molecule has 5 rings (SSSR count). The molecular weight excluding hydrogens is 478 g/mol. The highest BCUT2D eigenvalue weighted by atomic mass is 16.5. The van der Waals surface area contributed by atoms with Crippen molar-refractivity contribution in [1.29, 1.82) is 0 Å². The van der Waals surface area contributed by atoms with Crippen molar-refractivity contribution in [2.75, 3.05) is 38.2 Å². The third-order valence-electron chi connectivity index (χ3n) is 7.93. The minimum atomic E-state index is -0.373. The zero-order chi connectivity index (χ0) is 27.0. The molecule has 1 aliphatic rings. The Morgan fingerprint density at radius 1 is 1.05 bits per heavy atom. The molecule has 1 fully saturated rings. The van der Waals surface area contributed by atoms with Crippen LogP contribution in [0.2, 0.25) is 0 Å². The van der Waals surface area contributed by atoms with E-state index in [1.807, 2.05) is 35.9 Å². The summed E-state index contributed by atoms with van der Waals surface area (Å²) in [5.74, 6) is 1.54. The molecular formula is C29H37N7O2. The molecule has 4 aromatic rings. The molecule has 1 atom stereocenters. The number of rotatable bonds is 7. The fourth-order valence-corrected chi connectivity index (χ4v) is 5.37. The molecule has 0 amide bonds. The largest absolute Gasteiger partial charge is 0.497 e. The van der Waals surface area contributed by atoms with Gasteiger partial charge in [0.15, 0.2) is 5.82 Å². The van der Waals surface area contributed by atoms with Crippen LogP contribution in [0.25, 0.3) is 10.9 Å². The van der Waals surface area contributed by atoms with Gasteiger partial charge in [-0.15, -0.1) is 5.10 Å². The van der Waals surface area contributed by atoms with Crippen LogP contribution in [0.5, 0.6) is 5.75 Å². The van der Waals surface area contributed by atoms with E-state index in [-0.39, 0.29) is 17.1 Å². The van der Waals surface area contributed by atoms with Crippen LogP contribution in [0, 0.1) is 13.8 Å². The standard InChI is InChI=1S/C29H37N7O2/c1-7-29(4,5)36-27(31-32-33-36)26(24-18-23-20(3)16-19(2)17-25(23)30-28(24)37)35-14-12-34(13-15-35)21-8-10-22(38-6)11-9-21/h8-11,16-18,26H,7,12-15H2,1-6H3,(H,30,37)/t26-/m0/s1. The molecule has 0 unspecified atom stereocenters. The van der Waals surface area contributed by atoms with Crippen LogP contribution in [-0.2, 0) is 5.54 Å². The number of benzene rings is 2. The van der Waals surface area contributed by atoms with Crippen LogP contribution in [0.15, 0.2) is 47.3 Å². The predicted octanol–water partition coefficient (Wildman–Crippen LogP) is 4.20. The Bertz CT molecular complexity index is 1480. The number of hydrogen-bond acceptors (Lipinski definition) is 7. The SMILES string of the molecule is CCC(C)(C)n1nnnc1[C@H](c1cc2c(C)cc(C)cc2[nH]c1=O)N1CCN(c2ccc(OC)cc2)CC1. The van der Waals surface area contributed by atoms with Crippen LogP contribution in [0.3, 0.4) is 0 Å².